The number of hydrogen-bond acceptors (Lipinski definition) is 3. The molecule has 0 radical (unpaired) electrons. The standard InChI is InChI=1S/C33H53NO4/c1-20-10-16-33(28(38)34-19-13-26(36)37)18-17-31(6)22(27(33)21(20)2)8-9-24-30(5)14-12-25(35)29(3,4)23(30)11-15-32(24,31)7/h8,20-21,23-25,27,35H,9-19H2,1-7H3,(H,34,38)(H,36,37)/t20-,21+,23+,24-,25+,27+,30+,31-,32-,33+/m1/s1. The third kappa shape index (κ3) is 3.65. The van der Waals surface area contributed by atoms with Gasteiger partial charge in [-0.05, 0) is 109 Å². The van der Waals surface area contributed by atoms with Gasteiger partial charge in [0.15, 0.2) is 0 Å². The molecular weight excluding hydrogens is 474 g/mol. The molecule has 0 aromatic heterocycles. The molecule has 5 nitrogen and oxygen atoms in total. The van der Waals surface area contributed by atoms with E-state index in [1.54, 1.807) is 5.57 Å². The molecule has 0 saturated heterocycles. The molecule has 4 fully saturated rings. The highest BCUT2D eigenvalue weighted by Gasteiger charge is 2.69. The minimum absolute atomic E-state index is 0.0244. The first-order valence-electron chi connectivity index (χ1n) is 15.5. The Labute approximate surface area is 230 Å². The zero-order valence-corrected chi connectivity index (χ0v) is 25.0. The summed E-state index contributed by atoms with van der Waals surface area (Å²) in [5.74, 6) is 1.57. The average molecular weight is 528 g/mol. The Morgan fingerprint density at radius 3 is 2.34 bits per heavy atom. The van der Waals surface area contributed by atoms with Gasteiger partial charge in [0.2, 0.25) is 5.91 Å². The molecule has 3 N–H and O–H groups in total. The van der Waals surface area contributed by atoms with E-state index in [2.05, 4.69) is 59.9 Å². The van der Waals surface area contributed by atoms with Gasteiger partial charge in [-0.3, -0.25) is 9.59 Å². The molecule has 0 aromatic carbocycles. The van der Waals surface area contributed by atoms with E-state index in [1.807, 2.05) is 0 Å². The van der Waals surface area contributed by atoms with E-state index in [1.165, 1.54) is 12.8 Å². The van der Waals surface area contributed by atoms with Gasteiger partial charge in [0.05, 0.1) is 17.9 Å². The van der Waals surface area contributed by atoms with Crippen LogP contribution in [-0.2, 0) is 9.59 Å². The second kappa shape index (κ2) is 9.08. The molecule has 5 rings (SSSR count). The Morgan fingerprint density at radius 2 is 1.66 bits per heavy atom. The van der Waals surface area contributed by atoms with Crippen molar-refractivity contribution in [3.8, 4) is 0 Å². The first-order valence-corrected chi connectivity index (χ1v) is 15.5. The molecule has 0 bridgehead atoms. The minimum Gasteiger partial charge on any atom is -0.481 e. The van der Waals surface area contributed by atoms with E-state index in [0.29, 0.717) is 23.7 Å². The SMILES string of the molecule is C[C@H]1[C@H](C)CC[C@]2(C(=O)NCCC(=O)O)CC[C@]3(C)C(=CC[C@@H]4[C@@]5(C)CC[C@H](O)C(C)(C)[C@@H]5CC[C@]43C)[C@H]12. The molecule has 0 spiro atoms. The summed E-state index contributed by atoms with van der Waals surface area (Å²) in [6, 6.07) is 0. The lowest BCUT2D eigenvalue weighted by Gasteiger charge is -2.71. The van der Waals surface area contributed by atoms with Gasteiger partial charge in [0, 0.05) is 6.54 Å². The fourth-order valence-electron chi connectivity index (χ4n) is 11.3. The van der Waals surface area contributed by atoms with Crippen LogP contribution in [0.3, 0.4) is 0 Å². The Bertz CT molecular complexity index is 1020. The molecule has 0 aliphatic heterocycles. The summed E-state index contributed by atoms with van der Waals surface area (Å²) >= 11 is 0. The van der Waals surface area contributed by atoms with Crippen LogP contribution in [-0.4, -0.2) is 34.7 Å². The maximum absolute atomic E-state index is 13.9. The van der Waals surface area contributed by atoms with Crippen molar-refractivity contribution in [3.05, 3.63) is 11.6 Å². The molecular formula is C33H53NO4. The summed E-state index contributed by atoms with van der Waals surface area (Å²) in [5.41, 5.74) is 1.53. The Morgan fingerprint density at radius 1 is 0.947 bits per heavy atom. The number of aliphatic hydroxyl groups excluding tert-OH is 1. The molecule has 5 aliphatic rings. The number of fused-ring (bicyclic) bond motifs is 7. The highest BCUT2D eigenvalue weighted by molar-refractivity contribution is 5.84. The van der Waals surface area contributed by atoms with Crippen molar-refractivity contribution in [2.45, 2.75) is 119 Å². The first kappa shape index (κ1) is 28.2. The Hall–Kier alpha value is -1.36. The van der Waals surface area contributed by atoms with Gasteiger partial charge in [-0.1, -0.05) is 60.1 Å². The van der Waals surface area contributed by atoms with Gasteiger partial charge >= 0.3 is 5.97 Å². The van der Waals surface area contributed by atoms with E-state index < -0.39 is 11.4 Å². The number of allylic oxidation sites excluding steroid dienone is 2. The summed E-state index contributed by atoms with van der Waals surface area (Å²) < 4.78 is 0. The number of aliphatic hydroxyl groups is 1. The maximum Gasteiger partial charge on any atom is 0.305 e. The van der Waals surface area contributed by atoms with Gasteiger partial charge in [-0.15, -0.1) is 0 Å². The van der Waals surface area contributed by atoms with E-state index in [0.717, 1.165) is 44.9 Å². The van der Waals surface area contributed by atoms with Crippen LogP contribution in [0.25, 0.3) is 0 Å². The molecule has 5 aliphatic carbocycles. The quantitative estimate of drug-likeness (QED) is 0.360. The fourth-order valence-corrected chi connectivity index (χ4v) is 11.3. The average Bonchev–Trinajstić information content (AvgIpc) is 2.84. The highest BCUT2D eigenvalue weighted by Crippen LogP contribution is 2.75. The van der Waals surface area contributed by atoms with Crippen LogP contribution in [0.2, 0.25) is 0 Å². The van der Waals surface area contributed by atoms with Crippen LogP contribution >= 0.6 is 0 Å². The number of aliphatic carboxylic acids is 1. The van der Waals surface area contributed by atoms with E-state index in [-0.39, 0.29) is 52.6 Å². The molecule has 214 valence electrons. The fraction of sp³-hybridized carbons (Fsp3) is 0.879. The number of carbonyl (C=O) groups excluding carboxylic acids is 1. The molecule has 0 heterocycles. The van der Waals surface area contributed by atoms with E-state index in [4.69, 9.17) is 5.11 Å². The minimum atomic E-state index is -0.863. The highest BCUT2D eigenvalue weighted by atomic mass is 16.4. The Kier molecular flexibility index (Phi) is 6.73. The van der Waals surface area contributed by atoms with Crippen molar-refractivity contribution >= 4 is 11.9 Å². The lowest BCUT2D eigenvalue weighted by molar-refractivity contribution is -0.204. The summed E-state index contributed by atoms with van der Waals surface area (Å²) in [4.78, 5) is 25.1. The first-order chi connectivity index (χ1) is 17.6. The third-order valence-electron chi connectivity index (χ3n) is 14.0. The number of carboxylic acids is 1. The largest absolute Gasteiger partial charge is 0.481 e. The van der Waals surface area contributed by atoms with Crippen molar-refractivity contribution in [1.82, 2.24) is 5.32 Å². The van der Waals surface area contributed by atoms with Crippen molar-refractivity contribution in [3.63, 3.8) is 0 Å². The van der Waals surface area contributed by atoms with Crippen LogP contribution in [0.5, 0.6) is 0 Å². The summed E-state index contributed by atoms with van der Waals surface area (Å²) in [7, 11) is 0. The van der Waals surface area contributed by atoms with Crippen molar-refractivity contribution in [1.29, 1.82) is 0 Å². The second-order valence-corrected chi connectivity index (χ2v) is 15.6. The third-order valence-corrected chi connectivity index (χ3v) is 14.0. The number of carboxylic acid groups (broad SMARTS) is 1. The van der Waals surface area contributed by atoms with Crippen molar-refractivity contribution < 1.29 is 19.8 Å². The monoisotopic (exact) mass is 527 g/mol. The van der Waals surface area contributed by atoms with Gasteiger partial charge in [-0.2, -0.15) is 0 Å². The van der Waals surface area contributed by atoms with Gasteiger partial charge in [0.1, 0.15) is 0 Å². The van der Waals surface area contributed by atoms with Gasteiger partial charge < -0.3 is 15.5 Å². The van der Waals surface area contributed by atoms with Crippen LogP contribution < -0.4 is 5.32 Å². The van der Waals surface area contributed by atoms with Crippen LogP contribution in [0.15, 0.2) is 11.6 Å². The molecule has 10 atom stereocenters. The summed E-state index contributed by atoms with van der Waals surface area (Å²) in [5, 5.41) is 23.2. The summed E-state index contributed by atoms with van der Waals surface area (Å²) in [6.07, 6.45) is 11.7. The number of amides is 1. The predicted octanol–water partition coefficient (Wildman–Crippen LogP) is 6.60. The molecule has 0 unspecified atom stereocenters. The van der Waals surface area contributed by atoms with Crippen LogP contribution in [0.1, 0.15) is 113 Å². The van der Waals surface area contributed by atoms with Crippen molar-refractivity contribution in [2.75, 3.05) is 6.54 Å². The van der Waals surface area contributed by atoms with Gasteiger partial charge in [0.25, 0.3) is 0 Å². The molecule has 5 heteroatoms. The van der Waals surface area contributed by atoms with Gasteiger partial charge in [-0.25, -0.2) is 0 Å². The van der Waals surface area contributed by atoms with E-state index in [9.17, 15) is 14.7 Å². The normalized spacial score (nSPS) is 49.4. The topological polar surface area (TPSA) is 86.6 Å². The zero-order valence-electron chi connectivity index (χ0n) is 25.0. The molecule has 4 saturated carbocycles. The van der Waals surface area contributed by atoms with Crippen LogP contribution in [0, 0.1) is 56.7 Å². The lowest BCUT2D eigenvalue weighted by Crippen LogP contribution is -2.66. The number of carbonyl (C=O) groups is 2. The number of rotatable bonds is 4. The van der Waals surface area contributed by atoms with E-state index >= 15 is 0 Å². The Balaban J connectivity index is 1.54. The zero-order chi connectivity index (χ0) is 27.9. The number of nitrogens with one attached hydrogen (secondary N) is 1. The second-order valence-electron chi connectivity index (χ2n) is 15.6. The molecule has 38 heavy (non-hydrogen) atoms. The lowest BCUT2D eigenvalue weighted by atomic mass is 9.33. The predicted molar refractivity (Wildman–Crippen MR) is 150 cm³/mol. The van der Waals surface area contributed by atoms with Crippen molar-refractivity contribution in [2.24, 2.45) is 56.7 Å². The number of hydrogen-bond donors (Lipinski definition) is 3. The smallest absolute Gasteiger partial charge is 0.305 e. The summed E-state index contributed by atoms with van der Waals surface area (Å²) in [6.45, 7) is 17.2. The molecule has 0 aromatic rings. The maximum atomic E-state index is 13.9. The van der Waals surface area contributed by atoms with Crippen LogP contribution in [0.4, 0.5) is 0 Å². The molecule has 1 amide bonds.